The highest BCUT2D eigenvalue weighted by Crippen LogP contribution is 2.35. The second-order valence-electron chi connectivity index (χ2n) is 9.93. The van der Waals surface area contributed by atoms with Crippen LogP contribution in [0.2, 0.25) is 0 Å². The van der Waals surface area contributed by atoms with E-state index in [0.717, 1.165) is 18.4 Å². The third-order valence-corrected chi connectivity index (χ3v) is 7.29. The van der Waals surface area contributed by atoms with Crippen molar-refractivity contribution in [1.82, 2.24) is 19.9 Å². The molecule has 0 radical (unpaired) electrons. The number of hydrogen-bond donors (Lipinski definition) is 1. The number of para-hydroxylation sites is 1. The van der Waals surface area contributed by atoms with Gasteiger partial charge >= 0.3 is 0 Å². The van der Waals surface area contributed by atoms with Crippen LogP contribution in [0.15, 0.2) is 78.9 Å². The predicted octanol–water partition coefficient (Wildman–Crippen LogP) is 4.69. The Morgan fingerprint density at radius 2 is 1.88 bits per heavy atom. The van der Waals surface area contributed by atoms with Gasteiger partial charge in [0, 0.05) is 18.3 Å². The summed E-state index contributed by atoms with van der Waals surface area (Å²) in [7, 11) is 0. The van der Waals surface area contributed by atoms with Gasteiger partial charge in [0.05, 0.1) is 5.52 Å². The van der Waals surface area contributed by atoms with Crippen LogP contribution in [0.4, 0.5) is 10.1 Å². The van der Waals surface area contributed by atoms with Gasteiger partial charge in [-0.1, -0.05) is 41.6 Å². The van der Waals surface area contributed by atoms with Crippen molar-refractivity contribution < 1.29 is 23.5 Å². The zero-order valence-electron chi connectivity index (χ0n) is 21.7. The van der Waals surface area contributed by atoms with Crippen LogP contribution in [0, 0.1) is 11.7 Å². The number of fused-ring (bicyclic) bond motifs is 2. The first-order chi connectivity index (χ1) is 19.5. The highest BCUT2D eigenvalue weighted by atomic mass is 19.1. The van der Waals surface area contributed by atoms with Crippen LogP contribution in [0.5, 0.6) is 11.5 Å². The van der Waals surface area contributed by atoms with Crippen LogP contribution in [-0.2, 0) is 22.7 Å². The topological polar surface area (TPSA) is 98.6 Å². The summed E-state index contributed by atoms with van der Waals surface area (Å²) in [6.07, 6.45) is 6.36. The number of halogens is 1. The molecular formula is C30H28FN5O4. The largest absolute Gasteiger partial charge is 0.454 e. The van der Waals surface area contributed by atoms with Crippen molar-refractivity contribution >= 4 is 28.5 Å². The highest BCUT2D eigenvalue weighted by molar-refractivity contribution is 5.98. The average molecular weight is 542 g/mol. The van der Waals surface area contributed by atoms with E-state index in [1.807, 2.05) is 24.3 Å². The number of ether oxygens (including phenoxy) is 2. The van der Waals surface area contributed by atoms with Crippen molar-refractivity contribution in [2.45, 2.75) is 38.4 Å². The summed E-state index contributed by atoms with van der Waals surface area (Å²) in [5.41, 5.74) is 2.65. The number of nitrogens with one attached hydrogen (secondary N) is 1. The number of rotatable bonds is 8. The maximum Gasteiger partial charge on any atom is 0.247 e. The second-order valence-corrected chi connectivity index (χ2v) is 9.93. The van der Waals surface area contributed by atoms with Gasteiger partial charge < -0.3 is 19.7 Å². The molecule has 1 aliphatic carbocycles. The van der Waals surface area contributed by atoms with E-state index in [1.165, 1.54) is 12.1 Å². The van der Waals surface area contributed by atoms with Gasteiger partial charge in [0.15, 0.2) is 11.5 Å². The number of carbonyl (C=O) groups excluding carboxylic acids is 2. The van der Waals surface area contributed by atoms with Crippen molar-refractivity contribution in [2.75, 3.05) is 12.1 Å². The lowest BCUT2D eigenvalue weighted by atomic mass is 9.85. The molecule has 0 spiro atoms. The number of allylic oxidation sites excluding steroid dienone is 2. The van der Waals surface area contributed by atoms with E-state index in [1.54, 1.807) is 39.9 Å². The molecule has 9 nitrogen and oxygen atoms in total. The minimum absolute atomic E-state index is 0.0991. The summed E-state index contributed by atoms with van der Waals surface area (Å²) in [5, 5.41) is 11.4. The SMILES string of the molecule is O=C(Nc1ccc2c(c1)OCO2)[C@@H]([C@H]1CC=CCC1)N(Cc1ccc(F)cc1)C(=O)Cn1nnc2ccccc21. The second kappa shape index (κ2) is 11.2. The Balaban J connectivity index is 1.34. The van der Waals surface area contributed by atoms with Gasteiger partial charge in [-0.05, 0) is 67.1 Å². The fourth-order valence-electron chi connectivity index (χ4n) is 5.29. The van der Waals surface area contributed by atoms with Gasteiger partial charge in [0.25, 0.3) is 0 Å². The Morgan fingerprint density at radius 3 is 2.70 bits per heavy atom. The van der Waals surface area contributed by atoms with Crippen molar-refractivity contribution in [2.24, 2.45) is 5.92 Å². The van der Waals surface area contributed by atoms with Crippen LogP contribution in [0.3, 0.4) is 0 Å². The molecule has 1 aromatic heterocycles. The maximum absolute atomic E-state index is 14.0. The van der Waals surface area contributed by atoms with E-state index in [4.69, 9.17) is 9.47 Å². The molecule has 0 unspecified atom stereocenters. The molecule has 6 rings (SSSR count). The van der Waals surface area contributed by atoms with Gasteiger partial charge in [-0.2, -0.15) is 0 Å². The Labute approximate surface area is 230 Å². The fraction of sp³-hybridized carbons (Fsp3) is 0.267. The van der Waals surface area contributed by atoms with Crippen LogP contribution >= 0.6 is 0 Å². The van der Waals surface area contributed by atoms with Crippen LogP contribution in [-0.4, -0.2) is 44.5 Å². The molecule has 2 atom stereocenters. The third kappa shape index (κ3) is 5.38. The minimum Gasteiger partial charge on any atom is -0.454 e. The van der Waals surface area contributed by atoms with E-state index < -0.39 is 6.04 Å². The van der Waals surface area contributed by atoms with E-state index in [2.05, 4.69) is 27.8 Å². The first-order valence-corrected chi connectivity index (χ1v) is 13.2. The summed E-state index contributed by atoms with van der Waals surface area (Å²) >= 11 is 0. The van der Waals surface area contributed by atoms with Crippen LogP contribution in [0.25, 0.3) is 11.0 Å². The Bertz CT molecular complexity index is 1570. The van der Waals surface area contributed by atoms with Crippen molar-refractivity contribution in [3.05, 3.63) is 90.3 Å². The molecule has 3 aromatic carbocycles. The summed E-state index contributed by atoms with van der Waals surface area (Å²) in [5.74, 6) is 0.0759. The lowest BCUT2D eigenvalue weighted by Gasteiger charge is -2.37. The third-order valence-electron chi connectivity index (χ3n) is 7.29. The summed E-state index contributed by atoms with van der Waals surface area (Å²) < 4.78 is 26.1. The minimum atomic E-state index is -0.789. The molecule has 2 aliphatic rings. The number of nitrogens with zero attached hydrogens (tertiary/aromatic N) is 4. The number of benzene rings is 3. The zero-order chi connectivity index (χ0) is 27.5. The molecule has 0 fully saturated rings. The van der Waals surface area contributed by atoms with Gasteiger partial charge in [-0.3, -0.25) is 9.59 Å². The molecule has 10 heteroatoms. The van der Waals surface area contributed by atoms with Crippen LogP contribution < -0.4 is 14.8 Å². The first kappa shape index (κ1) is 25.5. The highest BCUT2D eigenvalue weighted by Gasteiger charge is 2.37. The quantitative estimate of drug-likeness (QED) is 0.325. The lowest BCUT2D eigenvalue weighted by molar-refractivity contribution is -0.142. The average Bonchev–Trinajstić information content (AvgIpc) is 3.61. The number of anilines is 1. The molecule has 40 heavy (non-hydrogen) atoms. The van der Waals surface area contributed by atoms with E-state index in [9.17, 15) is 14.0 Å². The molecule has 1 N–H and O–H groups in total. The van der Waals surface area contributed by atoms with Gasteiger partial charge in [-0.15, -0.1) is 5.10 Å². The maximum atomic E-state index is 14.0. The monoisotopic (exact) mass is 541 g/mol. The Hall–Kier alpha value is -4.73. The smallest absolute Gasteiger partial charge is 0.247 e. The summed E-state index contributed by atoms with van der Waals surface area (Å²) in [6, 6.07) is 17.8. The van der Waals surface area contributed by atoms with Crippen LogP contribution in [0.1, 0.15) is 24.8 Å². The van der Waals surface area contributed by atoms with Gasteiger partial charge in [-0.25, -0.2) is 9.07 Å². The number of carbonyl (C=O) groups is 2. The molecule has 0 saturated heterocycles. The predicted molar refractivity (Wildman–Crippen MR) is 146 cm³/mol. The van der Waals surface area contributed by atoms with Gasteiger partial charge in [0.1, 0.15) is 23.9 Å². The molecule has 0 bridgehead atoms. The summed E-state index contributed by atoms with van der Waals surface area (Å²) in [6.45, 7) is 0.157. The fourth-order valence-corrected chi connectivity index (χ4v) is 5.29. The lowest BCUT2D eigenvalue weighted by Crippen LogP contribution is -2.52. The molecule has 1 aliphatic heterocycles. The number of aromatic nitrogens is 3. The zero-order valence-corrected chi connectivity index (χ0v) is 21.7. The molecule has 2 heterocycles. The number of amides is 2. The van der Waals surface area contributed by atoms with E-state index in [-0.39, 0.29) is 43.4 Å². The number of hydrogen-bond acceptors (Lipinski definition) is 6. The normalized spacial score (nSPS) is 16.6. The van der Waals surface area contributed by atoms with Crippen molar-refractivity contribution in [3.63, 3.8) is 0 Å². The molecular weight excluding hydrogens is 513 g/mol. The summed E-state index contributed by atoms with van der Waals surface area (Å²) in [4.78, 5) is 29.7. The molecule has 4 aromatic rings. The molecule has 204 valence electrons. The van der Waals surface area contributed by atoms with E-state index >= 15 is 0 Å². The molecule has 2 amide bonds. The van der Waals surface area contributed by atoms with E-state index in [0.29, 0.717) is 34.7 Å². The standard InChI is InChI=1S/C30H28FN5O4/c31-22-12-10-20(11-13-22)17-35(28(37)18-36-25-9-5-4-8-24(25)33-34-36)29(21-6-2-1-3-7-21)30(38)32-23-14-15-26-27(16-23)40-19-39-26/h1-2,4-5,8-16,21,29H,3,6-7,17-19H2,(H,32,38)/t21-,29+/m0/s1. The van der Waals surface area contributed by atoms with Crippen molar-refractivity contribution in [1.29, 1.82) is 0 Å². The molecule has 0 saturated carbocycles. The van der Waals surface area contributed by atoms with Gasteiger partial charge in [0.2, 0.25) is 18.6 Å². The Kier molecular flexibility index (Phi) is 7.13. The Morgan fingerprint density at radius 1 is 1.05 bits per heavy atom. The van der Waals surface area contributed by atoms with Crippen molar-refractivity contribution in [3.8, 4) is 11.5 Å². The first-order valence-electron chi connectivity index (χ1n) is 13.2.